The minimum absolute atomic E-state index is 0.118. The first-order valence-electron chi connectivity index (χ1n) is 8.46. The zero-order valence-corrected chi connectivity index (χ0v) is 18.4. The summed E-state index contributed by atoms with van der Waals surface area (Å²) >= 11 is 17.3. The smallest absolute Gasteiger partial charge is 0.261 e. The summed E-state index contributed by atoms with van der Waals surface area (Å²) in [4.78, 5) is 0.118. The monoisotopic (exact) mass is 465 g/mol. The van der Waals surface area contributed by atoms with Crippen LogP contribution in [-0.4, -0.2) is 13.5 Å². The predicted octanol–water partition coefficient (Wildman–Crippen LogP) is 5.91. The zero-order chi connectivity index (χ0) is 21.0. The Kier molecular flexibility index (Phi) is 6.64. The molecule has 0 saturated carbocycles. The van der Waals surface area contributed by atoms with Gasteiger partial charge in [-0.2, -0.15) is 0 Å². The Balaban J connectivity index is 1.68. The molecule has 0 aliphatic heterocycles. The molecule has 0 spiro atoms. The van der Waals surface area contributed by atoms with Gasteiger partial charge in [-0.3, -0.25) is 4.72 Å². The van der Waals surface area contributed by atoms with Gasteiger partial charge >= 0.3 is 0 Å². The van der Waals surface area contributed by atoms with Gasteiger partial charge in [0.1, 0.15) is 0 Å². The van der Waals surface area contributed by atoms with Crippen LogP contribution < -0.4 is 15.4 Å². The van der Waals surface area contributed by atoms with Crippen LogP contribution in [0.4, 0.5) is 17.1 Å². The molecule has 0 fully saturated rings. The van der Waals surface area contributed by atoms with Crippen molar-refractivity contribution in [2.75, 3.05) is 15.4 Å². The largest absolute Gasteiger partial charge is 0.332 e. The molecule has 5 nitrogen and oxygen atoms in total. The van der Waals surface area contributed by atoms with E-state index in [-0.39, 0.29) is 4.90 Å². The summed E-state index contributed by atoms with van der Waals surface area (Å²) in [5, 5.41) is 7.54. The topological polar surface area (TPSA) is 70.2 Å². The maximum atomic E-state index is 12.5. The van der Waals surface area contributed by atoms with Gasteiger partial charge in [-0.25, -0.2) is 8.42 Å². The number of anilines is 3. The average molecular weight is 466 g/mol. The van der Waals surface area contributed by atoms with Crippen molar-refractivity contribution in [2.45, 2.75) is 11.8 Å². The quantitative estimate of drug-likeness (QED) is 0.408. The Labute approximate surface area is 185 Å². The third kappa shape index (κ3) is 5.61. The summed E-state index contributed by atoms with van der Waals surface area (Å²) < 4.78 is 27.6. The van der Waals surface area contributed by atoms with Gasteiger partial charge in [-0.15, -0.1) is 0 Å². The van der Waals surface area contributed by atoms with Gasteiger partial charge in [0.2, 0.25) is 0 Å². The van der Waals surface area contributed by atoms with Crippen molar-refractivity contribution < 1.29 is 8.42 Å². The molecule has 150 valence electrons. The number of rotatable bonds is 5. The lowest BCUT2D eigenvalue weighted by atomic mass is 10.2. The fourth-order valence-electron chi connectivity index (χ4n) is 2.51. The fourth-order valence-corrected chi connectivity index (χ4v) is 4.15. The van der Waals surface area contributed by atoms with Crippen molar-refractivity contribution in [3.8, 4) is 0 Å². The Hall–Kier alpha value is -2.32. The average Bonchev–Trinajstić information content (AvgIpc) is 2.65. The second-order valence-corrected chi connectivity index (χ2v) is 9.07. The summed E-state index contributed by atoms with van der Waals surface area (Å²) in [5.74, 6) is 0. The normalized spacial score (nSPS) is 11.0. The van der Waals surface area contributed by atoms with E-state index in [1.165, 1.54) is 18.2 Å². The van der Waals surface area contributed by atoms with Crippen molar-refractivity contribution in [3.63, 3.8) is 0 Å². The first-order chi connectivity index (χ1) is 13.7. The van der Waals surface area contributed by atoms with E-state index < -0.39 is 10.0 Å². The van der Waals surface area contributed by atoms with E-state index >= 15 is 0 Å². The van der Waals surface area contributed by atoms with E-state index in [1.54, 1.807) is 36.4 Å². The third-order valence-electron chi connectivity index (χ3n) is 4.02. The maximum Gasteiger partial charge on any atom is 0.261 e. The van der Waals surface area contributed by atoms with Crippen LogP contribution in [0.25, 0.3) is 0 Å². The Morgan fingerprint density at radius 3 is 2.28 bits per heavy atom. The van der Waals surface area contributed by atoms with E-state index in [0.717, 1.165) is 11.3 Å². The molecule has 0 heterocycles. The summed E-state index contributed by atoms with van der Waals surface area (Å²) in [6, 6.07) is 18.2. The lowest BCUT2D eigenvalue weighted by molar-refractivity contribution is 0.601. The molecule has 3 rings (SSSR count). The van der Waals surface area contributed by atoms with Crippen LogP contribution >= 0.6 is 35.4 Å². The van der Waals surface area contributed by atoms with Crippen molar-refractivity contribution in [1.29, 1.82) is 0 Å². The molecule has 0 unspecified atom stereocenters. The number of thiocarbonyl (C=S) groups is 1. The summed E-state index contributed by atoms with van der Waals surface area (Å²) in [7, 11) is -3.73. The molecule has 0 bridgehead atoms. The molecule has 29 heavy (non-hydrogen) atoms. The van der Waals surface area contributed by atoms with Gasteiger partial charge in [-0.05, 0) is 79.3 Å². The van der Waals surface area contributed by atoms with Crippen molar-refractivity contribution in [2.24, 2.45) is 0 Å². The van der Waals surface area contributed by atoms with Gasteiger partial charge in [0, 0.05) is 21.4 Å². The van der Waals surface area contributed by atoms with Crippen LogP contribution in [0.1, 0.15) is 5.56 Å². The van der Waals surface area contributed by atoms with Gasteiger partial charge in [0.05, 0.1) is 10.6 Å². The molecular weight excluding hydrogens is 449 g/mol. The summed E-state index contributed by atoms with van der Waals surface area (Å²) in [6.07, 6.45) is 0. The number of nitrogens with one attached hydrogen (secondary N) is 3. The highest BCUT2D eigenvalue weighted by molar-refractivity contribution is 7.92. The molecule has 3 aromatic carbocycles. The lowest BCUT2D eigenvalue weighted by Crippen LogP contribution is -2.19. The van der Waals surface area contributed by atoms with Gasteiger partial charge in [0.25, 0.3) is 10.0 Å². The zero-order valence-electron chi connectivity index (χ0n) is 15.2. The molecule has 0 atom stereocenters. The second kappa shape index (κ2) is 9.00. The maximum absolute atomic E-state index is 12.5. The summed E-state index contributed by atoms with van der Waals surface area (Å²) in [6.45, 7) is 1.89. The fraction of sp³-hybridized carbons (Fsp3) is 0.0500. The van der Waals surface area contributed by atoms with Gasteiger partial charge < -0.3 is 10.6 Å². The second-order valence-electron chi connectivity index (χ2n) is 6.13. The third-order valence-corrected chi connectivity index (χ3v) is 6.26. The van der Waals surface area contributed by atoms with Crippen LogP contribution in [0.3, 0.4) is 0 Å². The van der Waals surface area contributed by atoms with E-state index in [2.05, 4.69) is 15.4 Å². The van der Waals surface area contributed by atoms with Crippen LogP contribution in [-0.2, 0) is 10.0 Å². The number of halogens is 2. The molecule has 0 aliphatic carbocycles. The van der Waals surface area contributed by atoms with Gasteiger partial charge in [0.15, 0.2) is 5.11 Å². The number of hydrogen-bond donors (Lipinski definition) is 3. The highest BCUT2D eigenvalue weighted by Crippen LogP contribution is 2.24. The predicted molar refractivity (Wildman–Crippen MR) is 125 cm³/mol. The highest BCUT2D eigenvalue weighted by Gasteiger charge is 2.14. The Morgan fingerprint density at radius 1 is 0.897 bits per heavy atom. The van der Waals surface area contributed by atoms with Gasteiger partial charge in [-0.1, -0.05) is 35.3 Å². The highest BCUT2D eigenvalue weighted by atomic mass is 35.5. The minimum Gasteiger partial charge on any atom is -0.332 e. The number of sulfonamides is 1. The molecule has 0 aliphatic rings. The molecule has 9 heteroatoms. The van der Waals surface area contributed by atoms with E-state index in [1.807, 2.05) is 19.1 Å². The number of hydrogen-bond acceptors (Lipinski definition) is 3. The molecule has 0 aromatic heterocycles. The minimum atomic E-state index is -3.73. The first-order valence-corrected chi connectivity index (χ1v) is 11.1. The molecule has 3 N–H and O–H groups in total. The first kappa shape index (κ1) is 21.4. The van der Waals surface area contributed by atoms with Crippen LogP contribution in [0, 0.1) is 6.92 Å². The standard InChI is InChI=1S/C20H17Cl2N3O2S2/c1-13-18(22)6-3-7-19(13)24-20(28)23-15-8-10-17(11-9-15)29(26,27)25-16-5-2-4-14(21)12-16/h2-12,25H,1H3,(H2,23,24,28). The van der Waals surface area contributed by atoms with Crippen molar-refractivity contribution in [3.05, 3.63) is 82.3 Å². The Morgan fingerprint density at radius 2 is 1.59 bits per heavy atom. The van der Waals surface area contributed by atoms with Crippen molar-refractivity contribution in [1.82, 2.24) is 0 Å². The van der Waals surface area contributed by atoms with E-state index in [4.69, 9.17) is 35.4 Å². The van der Waals surface area contributed by atoms with Crippen LogP contribution in [0.2, 0.25) is 10.0 Å². The molecule has 0 radical (unpaired) electrons. The van der Waals surface area contributed by atoms with Crippen molar-refractivity contribution >= 4 is 67.6 Å². The Bertz CT molecular complexity index is 1150. The van der Waals surface area contributed by atoms with Crippen LogP contribution in [0.15, 0.2) is 71.6 Å². The van der Waals surface area contributed by atoms with E-state index in [0.29, 0.717) is 26.5 Å². The lowest BCUT2D eigenvalue weighted by Gasteiger charge is -2.14. The van der Waals surface area contributed by atoms with E-state index in [9.17, 15) is 8.42 Å². The molecule has 0 saturated heterocycles. The SMILES string of the molecule is Cc1c(Cl)cccc1NC(=S)Nc1ccc(S(=O)(=O)Nc2cccc(Cl)c2)cc1. The number of benzene rings is 3. The molecule has 0 amide bonds. The molecule has 3 aromatic rings. The molecular formula is C20H17Cl2N3O2S2. The van der Waals surface area contributed by atoms with Crippen LogP contribution in [0.5, 0.6) is 0 Å². The summed E-state index contributed by atoms with van der Waals surface area (Å²) in [5.41, 5.74) is 2.71.